The summed E-state index contributed by atoms with van der Waals surface area (Å²) in [5, 5.41) is 0. The highest BCUT2D eigenvalue weighted by atomic mass is 16.5. The summed E-state index contributed by atoms with van der Waals surface area (Å²) in [5.41, 5.74) is 1.89. The molecule has 1 aromatic heterocycles. The Morgan fingerprint density at radius 1 is 0.914 bits per heavy atom. The molecule has 6 heteroatoms. The molecule has 2 saturated heterocycles. The highest BCUT2D eigenvalue weighted by Crippen LogP contribution is 2.47. The molecule has 35 heavy (non-hydrogen) atoms. The van der Waals surface area contributed by atoms with Gasteiger partial charge in [0.05, 0.1) is 24.1 Å². The van der Waals surface area contributed by atoms with Crippen molar-refractivity contribution in [3.63, 3.8) is 0 Å². The summed E-state index contributed by atoms with van der Waals surface area (Å²) in [6.45, 7) is 2.10. The third kappa shape index (κ3) is 4.43. The summed E-state index contributed by atoms with van der Waals surface area (Å²) in [7, 11) is 0. The molecular weight excluding hydrogens is 438 g/mol. The molecule has 0 amide bonds. The van der Waals surface area contributed by atoms with E-state index >= 15 is 0 Å². The number of piperidine rings is 2. The maximum atomic E-state index is 13.7. The summed E-state index contributed by atoms with van der Waals surface area (Å²) < 4.78 is 7.13. The Kier molecular flexibility index (Phi) is 6.42. The monoisotopic (exact) mass is 477 g/mol. The zero-order valence-electron chi connectivity index (χ0n) is 21.0. The van der Waals surface area contributed by atoms with Gasteiger partial charge in [0.2, 0.25) is 0 Å². The van der Waals surface area contributed by atoms with Crippen LogP contribution in [-0.4, -0.2) is 45.2 Å². The number of aromatic nitrogens is 2. The van der Waals surface area contributed by atoms with Gasteiger partial charge < -0.3 is 9.30 Å². The molecule has 0 radical (unpaired) electrons. The number of para-hydroxylation sites is 2. The van der Waals surface area contributed by atoms with Crippen molar-refractivity contribution < 1.29 is 9.53 Å². The topological polar surface area (TPSA) is 64.4 Å². The molecule has 0 N–H and O–H groups in total. The zero-order valence-corrected chi connectivity index (χ0v) is 21.0. The van der Waals surface area contributed by atoms with Gasteiger partial charge in [0.1, 0.15) is 5.69 Å². The first-order valence-electron chi connectivity index (χ1n) is 14.0. The maximum Gasteiger partial charge on any atom is 0.312 e. The molecule has 6 rings (SSSR count). The minimum absolute atomic E-state index is 0.0614. The van der Waals surface area contributed by atoms with E-state index in [1.54, 1.807) is 6.92 Å². The lowest BCUT2D eigenvalue weighted by molar-refractivity contribution is -0.142. The summed E-state index contributed by atoms with van der Waals surface area (Å²) in [5.74, 6) is 1.49. The van der Waals surface area contributed by atoms with Crippen LogP contribution in [0.5, 0.6) is 0 Å². The van der Waals surface area contributed by atoms with Crippen LogP contribution in [0.4, 0.5) is 0 Å². The third-order valence-electron chi connectivity index (χ3n) is 9.37. The van der Waals surface area contributed by atoms with Crippen LogP contribution >= 0.6 is 0 Å². The molecule has 4 bridgehead atoms. The molecule has 2 aromatic rings. The van der Waals surface area contributed by atoms with Gasteiger partial charge in [0.15, 0.2) is 0 Å². The fraction of sp³-hybridized carbons (Fsp3) is 0.690. The first-order valence-corrected chi connectivity index (χ1v) is 14.0. The number of nitrogens with zero attached hydrogens (tertiary/aromatic N) is 3. The number of esters is 1. The molecule has 6 nitrogen and oxygen atoms in total. The van der Waals surface area contributed by atoms with Crippen LogP contribution in [0.3, 0.4) is 0 Å². The fourth-order valence-electron chi connectivity index (χ4n) is 8.17. The van der Waals surface area contributed by atoms with Crippen molar-refractivity contribution in [1.29, 1.82) is 0 Å². The minimum Gasteiger partial charge on any atom is -0.466 e. The summed E-state index contributed by atoms with van der Waals surface area (Å²) in [4.78, 5) is 33.5. The second kappa shape index (κ2) is 9.68. The quantitative estimate of drug-likeness (QED) is 0.565. The number of ether oxygens (including phenoxy) is 1. The number of rotatable bonds is 5. The summed E-state index contributed by atoms with van der Waals surface area (Å²) >= 11 is 0. The van der Waals surface area contributed by atoms with Gasteiger partial charge in [0, 0.05) is 24.2 Å². The highest BCUT2D eigenvalue weighted by Gasteiger charge is 2.45. The number of carbonyl (C=O) groups is 1. The lowest BCUT2D eigenvalue weighted by atomic mass is 9.68. The Hall–Kier alpha value is -2.21. The smallest absolute Gasteiger partial charge is 0.312 e. The van der Waals surface area contributed by atoms with Gasteiger partial charge >= 0.3 is 5.97 Å². The van der Waals surface area contributed by atoms with E-state index in [9.17, 15) is 9.59 Å². The Bertz CT molecular complexity index is 1120. The predicted molar refractivity (Wildman–Crippen MR) is 136 cm³/mol. The van der Waals surface area contributed by atoms with Crippen molar-refractivity contribution in [1.82, 2.24) is 14.5 Å². The van der Waals surface area contributed by atoms with Gasteiger partial charge in [-0.15, -0.1) is 0 Å². The van der Waals surface area contributed by atoms with E-state index in [2.05, 4.69) is 9.88 Å². The van der Waals surface area contributed by atoms with Crippen LogP contribution in [0.1, 0.15) is 89.3 Å². The minimum atomic E-state index is -0.381. The lowest BCUT2D eigenvalue weighted by Gasteiger charge is -2.55. The standard InChI is InChI=1S/C29H39N3O3/c1-2-35-28(33)18-26-29(34)32(27-12-4-3-11-25(27)30-26)24-16-21-9-6-10-22(17-24)31(21)23-14-19-7-5-8-20(13-19)15-23/h3-4,11-12,19-24H,2,5-10,13-18H2,1H3/t19?,20?,21-,22+,23?,24?. The molecule has 3 heterocycles. The summed E-state index contributed by atoms with van der Waals surface area (Å²) in [6, 6.07) is 9.93. The largest absolute Gasteiger partial charge is 0.466 e. The van der Waals surface area contributed by atoms with Crippen LogP contribution in [0.2, 0.25) is 0 Å². The van der Waals surface area contributed by atoms with Crippen LogP contribution < -0.4 is 5.56 Å². The number of hydrogen-bond donors (Lipinski definition) is 0. The van der Waals surface area contributed by atoms with Crippen molar-refractivity contribution in [3.05, 3.63) is 40.3 Å². The molecule has 5 atom stereocenters. The molecule has 0 spiro atoms. The van der Waals surface area contributed by atoms with Gasteiger partial charge in [-0.05, 0) is 75.8 Å². The zero-order chi connectivity index (χ0) is 23.9. The van der Waals surface area contributed by atoms with Crippen molar-refractivity contribution in [3.8, 4) is 0 Å². The maximum absolute atomic E-state index is 13.7. The van der Waals surface area contributed by atoms with Crippen LogP contribution in [0, 0.1) is 11.8 Å². The molecule has 4 aliphatic rings. The van der Waals surface area contributed by atoms with E-state index in [1.807, 2.05) is 28.8 Å². The average molecular weight is 478 g/mol. The fourth-order valence-corrected chi connectivity index (χ4v) is 8.17. The number of fused-ring (bicyclic) bond motifs is 5. The van der Waals surface area contributed by atoms with Crippen molar-refractivity contribution >= 4 is 17.0 Å². The molecule has 2 aliphatic carbocycles. The van der Waals surface area contributed by atoms with Crippen LogP contribution in [-0.2, 0) is 16.0 Å². The van der Waals surface area contributed by atoms with Gasteiger partial charge in [-0.2, -0.15) is 0 Å². The Labute approximate surface area is 208 Å². The van der Waals surface area contributed by atoms with E-state index in [1.165, 1.54) is 57.8 Å². The van der Waals surface area contributed by atoms with E-state index in [-0.39, 0.29) is 24.0 Å². The Morgan fingerprint density at radius 2 is 1.60 bits per heavy atom. The molecule has 2 saturated carbocycles. The summed E-state index contributed by atoms with van der Waals surface area (Å²) in [6.07, 6.45) is 14.3. The van der Waals surface area contributed by atoms with Gasteiger partial charge in [-0.25, -0.2) is 4.98 Å². The van der Waals surface area contributed by atoms with Gasteiger partial charge in [-0.1, -0.05) is 37.8 Å². The van der Waals surface area contributed by atoms with Crippen molar-refractivity contribution in [2.75, 3.05) is 6.61 Å². The van der Waals surface area contributed by atoms with Crippen molar-refractivity contribution in [2.24, 2.45) is 11.8 Å². The average Bonchev–Trinajstić information content (AvgIpc) is 2.84. The molecule has 188 valence electrons. The van der Waals surface area contributed by atoms with Gasteiger partial charge in [0.25, 0.3) is 5.56 Å². The second-order valence-electron chi connectivity index (χ2n) is 11.5. The number of hydrogen-bond acceptors (Lipinski definition) is 5. The molecule has 1 aromatic carbocycles. The predicted octanol–water partition coefficient (Wildman–Crippen LogP) is 5.03. The molecule has 4 fully saturated rings. The van der Waals surface area contributed by atoms with E-state index in [4.69, 9.17) is 4.74 Å². The normalized spacial score (nSPS) is 32.9. The van der Waals surface area contributed by atoms with E-state index < -0.39 is 0 Å². The molecule has 3 unspecified atom stereocenters. The lowest BCUT2D eigenvalue weighted by Crippen LogP contribution is -2.58. The van der Waals surface area contributed by atoms with Gasteiger partial charge in [-0.3, -0.25) is 14.5 Å². The molecule has 2 aliphatic heterocycles. The van der Waals surface area contributed by atoms with Crippen molar-refractivity contribution in [2.45, 2.75) is 108 Å². The Balaban J connectivity index is 1.32. The Morgan fingerprint density at radius 3 is 2.31 bits per heavy atom. The van der Waals surface area contributed by atoms with Crippen LogP contribution in [0.25, 0.3) is 11.0 Å². The van der Waals surface area contributed by atoms with E-state index in [0.717, 1.165) is 41.8 Å². The highest BCUT2D eigenvalue weighted by molar-refractivity contribution is 5.77. The molecular formula is C29H39N3O3. The number of benzene rings is 1. The second-order valence-corrected chi connectivity index (χ2v) is 11.5. The third-order valence-corrected chi connectivity index (χ3v) is 9.37. The first kappa shape index (κ1) is 23.2. The van der Waals surface area contributed by atoms with Crippen LogP contribution in [0.15, 0.2) is 29.1 Å². The SMILES string of the molecule is CCOC(=O)Cc1nc2ccccc2n(C2C[C@H]3CCC[C@@H](C2)N3C2CC3CCCC(C3)C2)c1=O. The van der Waals surface area contributed by atoms with E-state index in [0.29, 0.717) is 24.4 Å². The number of carbonyl (C=O) groups excluding carboxylic acids is 1. The first-order chi connectivity index (χ1) is 17.1.